The first kappa shape index (κ1) is 13.1. The number of carbonyl (C=O) groups is 1. The maximum atomic E-state index is 11.3. The quantitative estimate of drug-likeness (QED) is 0.815. The highest BCUT2D eigenvalue weighted by Gasteiger charge is 2.16. The molecule has 1 aromatic carbocycles. The number of aromatic nitrogens is 3. The monoisotopic (exact) mass is 260 g/mol. The second-order valence-electron chi connectivity index (χ2n) is 4.14. The molecule has 0 aliphatic heterocycles. The van der Waals surface area contributed by atoms with Gasteiger partial charge < -0.3 is 10.8 Å². The summed E-state index contributed by atoms with van der Waals surface area (Å²) in [7, 11) is 0. The first-order valence-corrected chi connectivity index (χ1v) is 6.14. The van der Waals surface area contributed by atoms with Gasteiger partial charge in [0, 0.05) is 18.5 Å². The number of nitrogens with two attached hydrogens (primary N) is 1. The van der Waals surface area contributed by atoms with Crippen LogP contribution in [0.1, 0.15) is 35.9 Å². The molecule has 0 radical (unpaired) electrons. The van der Waals surface area contributed by atoms with E-state index in [1.807, 2.05) is 13.8 Å². The van der Waals surface area contributed by atoms with Gasteiger partial charge in [-0.15, -0.1) is 0 Å². The number of benzene rings is 1. The number of carboxylic acid groups (broad SMARTS) is 1. The molecule has 3 N–H and O–H groups in total. The predicted molar refractivity (Wildman–Crippen MR) is 71.5 cm³/mol. The minimum atomic E-state index is -1.01. The second kappa shape index (κ2) is 5.09. The van der Waals surface area contributed by atoms with Gasteiger partial charge in [-0.25, -0.2) is 14.5 Å². The van der Waals surface area contributed by atoms with Crippen molar-refractivity contribution < 1.29 is 9.90 Å². The molecule has 0 fully saturated rings. The fourth-order valence-corrected chi connectivity index (χ4v) is 1.87. The summed E-state index contributed by atoms with van der Waals surface area (Å²) in [6.45, 7) is 3.91. The Bertz CT molecular complexity index is 619. The molecular formula is C13H16N4O2. The molecule has 0 aliphatic carbocycles. The van der Waals surface area contributed by atoms with Crippen LogP contribution in [0.4, 0.5) is 5.69 Å². The third-order valence-electron chi connectivity index (χ3n) is 2.83. The summed E-state index contributed by atoms with van der Waals surface area (Å²) in [5.74, 6) is 0.408. The van der Waals surface area contributed by atoms with Gasteiger partial charge in [-0.05, 0) is 18.2 Å². The molecular weight excluding hydrogens is 244 g/mol. The molecule has 0 unspecified atom stereocenters. The molecule has 0 amide bonds. The van der Waals surface area contributed by atoms with Crippen LogP contribution in [0.15, 0.2) is 18.2 Å². The molecule has 2 aromatic rings. The first-order chi connectivity index (χ1) is 9.06. The number of aryl methyl sites for hydroxylation is 2. The third kappa shape index (κ3) is 2.42. The highest BCUT2D eigenvalue weighted by atomic mass is 16.4. The number of hydrogen-bond donors (Lipinski definition) is 2. The molecule has 1 heterocycles. The van der Waals surface area contributed by atoms with Crippen LogP contribution in [-0.2, 0) is 12.8 Å². The van der Waals surface area contributed by atoms with Crippen molar-refractivity contribution in [1.29, 1.82) is 0 Å². The van der Waals surface area contributed by atoms with Gasteiger partial charge >= 0.3 is 5.97 Å². The van der Waals surface area contributed by atoms with Crippen molar-refractivity contribution in [3.8, 4) is 5.69 Å². The molecule has 0 saturated heterocycles. The van der Waals surface area contributed by atoms with Crippen LogP contribution in [-0.4, -0.2) is 25.8 Å². The maximum Gasteiger partial charge on any atom is 0.337 e. The Hall–Kier alpha value is -2.37. The smallest absolute Gasteiger partial charge is 0.337 e. The number of aromatic carboxylic acids is 1. The lowest BCUT2D eigenvalue weighted by atomic mass is 10.1. The van der Waals surface area contributed by atoms with Crippen molar-refractivity contribution in [3.05, 3.63) is 35.4 Å². The molecule has 2 rings (SSSR count). The second-order valence-corrected chi connectivity index (χ2v) is 4.14. The number of hydrogen-bond acceptors (Lipinski definition) is 4. The minimum absolute atomic E-state index is 0.163. The zero-order chi connectivity index (χ0) is 14.0. The van der Waals surface area contributed by atoms with E-state index < -0.39 is 5.97 Å². The van der Waals surface area contributed by atoms with E-state index in [1.165, 1.54) is 6.07 Å². The zero-order valence-corrected chi connectivity index (χ0v) is 10.9. The van der Waals surface area contributed by atoms with E-state index in [9.17, 15) is 9.90 Å². The van der Waals surface area contributed by atoms with Crippen LogP contribution in [0.3, 0.4) is 0 Å². The summed E-state index contributed by atoms with van der Waals surface area (Å²) in [5, 5.41) is 13.6. The molecule has 6 nitrogen and oxygen atoms in total. The Morgan fingerprint density at radius 3 is 2.68 bits per heavy atom. The predicted octanol–water partition coefficient (Wildman–Crippen LogP) is 1.67. The Morgan fingerprint density at radius 1 is 1.37 bits per heavy atom. The summed E-state index contributed by atoms with van der Waals surface area (Å²) in [4.78, 5) is 15.7. The van der Waals surface area contributed by atoms with Crippen molar-refractivity contribution in [1.82, 2.24) is 14.8 Å². The lowest BCUT2D eigenvalue weighted by Gasteiger charge is -2.09. The van der Waals surface area contributed by atoms with Crippen LogP contribution in [0.25, 0.3) is 5.69 Å². The molecule has 0 saturated carbocycles. The largest absolute Gasteiger partial charge is 0.478 e. The fourth-order valence-electron chi connectivity index (χ4n) is 1.87. The van der Waals surface area contributed by atoms with Gasteiger partial charge in [0.25, 0.3) is 0 Å². The van der Waals surface area contributed by atoms with Crippen molar-refractivity contribution in [3.63, 3.8) is 0 Å². The summed E-state index contributed by atoms with van der Waals surface area (Å²) < 4.78 is 1.57. The van der Waals surface area contributed by atoms with Crippen LogP contribution >= 0.6 is 0 Å². The molecule has 0 spiro atoms. The van der Waals surface area contributed by atoms with Gasteiger partial charge in [-0.1, -0.05) is 13.8 Å². The summed E-state index contributed by atoms with van der Waals surface area (Å²) in [5.41, 5.74) is 6.86. The van der Waals surface area contributed by atoms with Crippen molar-refractivity contribution in [2.45, 2.75) is 26.7 Å². The lowest BCUT2D eigenvalue weighted by molar-refractivity contribution is 0.0696. The van der Waals surface area contributed by atoms with Crippen LogP contribution in [0, 0.1) is 0 Å². The van der Waals surface area contributed by atoms with Crippen molar-refractivity contribution in [2.75, 3.05) is 5.73 Å². The Kier molecular flexibility index (Phi) is 3.50. The fraction of sp³-hybridized carbons (Fsp3) is 0.308. The SMILES string of the molecule is CCc1nc(CC)n(-c2cc(N)ccc2C(=O)O)n1. The van der Waals surface area contributed by atoms with E-state index in [0.29, 0.717) is 30.0 Å². The molecule has 6 heteroatoms. The lowest BCUT2D eigenvalue weighted by Crippen LogP contribution is -2.10. The van der Waals surface area contributed by atoms with Gasteiger partial charge in [-0.3, -0.25) is 0 Å². The van der Waals surface area contributed by atoms with Crippen LogP contribution < -0.4 is 5.73 Å². The van der Waals surface area contributed by atoms with Gasteiger partial charge in [-0.2, -0.15) is 5.10 Å². The highest BCUT2D eigenvalue weighted by Crippen LogP contribution is 2.20. The van der Waals surface area contributed by atoms with Crippen LogP contribution in [0.2, 0.25) is 0 Å². The summed E-state index contributed by atoms with van der Waals surface area (Å²) in [6, 6.07) is 4.66. The van der Waals surface area contributed by atoms with Gasteiger partial charge in [0.15, 0.2) is 5.82 Å². The topological polar surface area (TPSA) is 94.0 Å². The number of anilines is 1. The van der Waals surface area contributed by atoms with Gasteiger partial charge in [0.05, 0.1) is 11.3 Å². The first-order valence-electron chi connectivity index (χ1n) is 6.14. The average Bonchev–Trinajstić information content (AvgIpc) is 2.81. The van der Waals surface area contributed by atoms with E-state index in [-0.39, 0.29) is 5.56 Å². The van der Waals surface area contributed by atoms with Crippen molar-refractivity contribution >= 4 is 11.7 Å². The molecule has 0 aliphatic rings. The molecule has 1 aromatic heterocycles. The Balaban J connectivity index is 2.66. The average molecular weight is 260 g/mol. The minimum Gasteiger partial charge on any atom is -0.478 e. The third-order valence-corrected chi connectivity index (χ3v) is 2.83. The van der Waals surface area contributed by atoms with E-state index in [2.05, 4.69) is 10.1 Å². The molecule has 100 valence electrons. The molecule has 19 heavy (non-hydrogen) atoms. The summed E-state index contributed by atoms with van der Waals surface area (Å²) in [6.07, 6.45) is 1.37. The highest BCUT2D eigenvalue weighted by molar-refractivity contribution is 5.92. The number of nitrogens with zero attached hydrogens (tertiary/aromatic N) is 3. The summed E-state index contributed by atoms with van der Waals surface area (Å²) >= 11 is 0. The zero-order valence-electron chi connectivity index (χ0n) is 10.9. The number of nitrogen functional groups attached to an aromatic ring is 1. The molecule has 0 atom stereocenters. The van der Waals surface area contributed by atoms with E-state index in [1.54, 1.807) is 16.8 Å². The van der Waals surface area contributed by atoms with Gasteiger partial charge in [0.1, 0.15) is 5.82 Å². The standard InChI is InChI=1S/C13H16N4O2/c1-3-11-15-12(4-2)17(16-11)10-7-8(14)5-6-9(10)13(18)19/h5-7H,3-4,14H2,1-2H3,(H,18,19). The number of rotatable bonds is 4. The Labute approximate surface area is 110 Å². The van der Waals surface area contributed by atoms with E-state index in [4.69, 9.17) is 5.73 Å². The van der Waals surface area contributed by atoms with E-state index in [0.717, 1.165) is 5.82 Å². The van der Waals surface area contributed by atoms with Crippen molar-refractivity contribution in [2.24, 2.45) is 0 Å². The molecule has 0 bridgehead atoms. The van der Waals surface area contributed by atoms with Gasteiger partial charge in [0.2, 0.25) is 0 Å². The van der Waals surface area contributed by atoms with E-state index >= 15 is 0 Å². The normalized spacial score (nSPS) is 10.6. The number of carboxylic acids is 1. The maximum absolute atomic E-state index is 11.3. The van der Waals surface area contributed by atoms with Crippen LogP contribution in [0.5, 0.6) is 0 Å². The Morgan fingerprint density at radius 2 is 2.11 bits per heavy atom.